The average Bonchev–Trinajstić information content (AvgIpc) is 2.67. The number of hydrogen-bond donors (Lipinski definition) is 1. The number of aromatic nitrogens is 4. The summed E-state index contributed by atoms with van der Waals surface area (Å²) in [6.45, 7) is 2.86. The van der Waals surface area contributed by atoms with Crippen LogP contribution in [0.1, 0.15) is 19.9 Å². The van der Waals surface area contributed by atoms with Gasteiger partial charge in [0.05, 0.1) is 23.0 Å². The SMILES string of the molecule is CC(C)n1nc(-c2c(OCCF)nc(N)nc2-c2ccccc2)ccc1=O. The molecule has 7 nitrogen and oxygen atoms in total. The summed E-state index contributed by atoms with van der Waals surface area (Å²) >= 11 is 0. The lowest BCUT2D eigenvalue weighted by atomic mass is 10.0. The van der Waals surface area contributed by atoms with E-state index in [-0.39, 0.29) is 30.0 Å². The molecule has 27 heavy (non-hydrogen) atoms. The second kappa shape index (κ2) is 7.94. The Morgan fingerprint density at radius 3 is 2.56 bits per heavy atom. The van der Waals surface area contributed by atoms with Crippen LogP contribution < -0.4 is 16.0 Å². The monoisotopic (exact) mass is 369 g/mol. The molecule has 0 amide bonds. The van der Waals surface area contributed by atoms with Gasteiger partial charge in [-0.2, -0.15) is 10.1 Å². The number of nitrogens with zero attached hydrogens (tertiary/aromatic N) is 4. The molecule has 0 bridgehead atoms. The molecule has 1 aromatic carbocycles. The maximum atomic E-state index is 12.7. The van der Waals surface area contributed by atoms with Crippen LogP contribution in [0, 0.1) is 0 Å². The van der Waals surface area contributed by atoms with E-state index in [0.717, 1.165) is 5.56 Å². The Bertz CT molecular complexity index is 989. The second-order valence-corrected chi connectivity index (χ2v) is 6.11. The minimum absolute atomic E-state index is 0.00337. The largest absolute Gasteiger partial charge is 0.474 e. The van der Waals surface area contributed by atoms with E-state index in [1.54, 1.807) is 6.07 Å². The molecular formula is C19H20FN5O2. The van der Waals surface area contributed by atoms with Gasteiger partial charge in [-0.05, 0) is 19.9 Å². The van der Waals surface area contributed by atoms with Crippen molar-refractivity contribution in [1.82, 2.24) is 19.7 Å². The second-order valence-electron chi connectivity index (χ2n) is 6.11. The number of nitrogen functional groups attached to an aromatic ring is 1. The number of alkyl halides is 1. The Morgan fingerprint density at radius 2 is 1.89 bits per heavy atom. The molecule has 3 aromatic rings. The molecule has 0 saturated carbocycles. The van der Waals surface area contributed by atoms with Crippen molar-refractivity contribution in [2.24, 2.45) is 0 Å². The van der Waals surface area contributed by atoms with Gasteiger partial charge in [0.1, 0.15) is 13.3 Å². The van der Waals surface area contributed by atoms with Gasteiger partial charge in [0.2, 0.25) is 11.8 Å². The summed E-state index contributed by atoms with van der Waals surface area (Å²) in [5.41, 5.74) is 7.79. The van der Waals surface area contributed by atoms with Gasteiger partial charge in [-0.25, -0.2) is 14.1 Å². The fourth-order valence-electron chi connectivity index (χ4n) is 2.66. The average molecular weight is 369 g/mol. The highest BCUT2D eigenvalue weighted by Crippen LogP contribution is 2.36. The van der Waals surface area contributed by atoms with E-state index in [2.05, 4.69) is 15.1 Å². The van der Waals surface area contributed by atoms with E-state index >= 15 is 0 Å². The van der Waals surface area contributed by atoms with Crippen LogP contribution in [-0.4, -0.2) is 33.0 Å². The number of ether oxygens (including phenoxy) is 1. The minimum Gasteiger partial charge on any atom is -0.474 e. The van der Waals surface area contributed by atoms with Crippen LogP contribution in [0.25, 0.3) is 22.5 Å². The molecule has 0 aliphatic carbocycles. The van der Waals surface area contributed by atoms with E-state index < -0.39 is 6.67 Å². The predicted octanol–water partition coefficient (Wildman–Crippen LogP) is 2.88. The number of hydrogen-bond acceptors (Lipinski definition) is 6. The van der Waals surface area contributed by atoms with Crippen molar-refractivity contribution >= 4 is 5.95 Å². The van der Waals surface area contributed by atoms with Crippen LogP contribution in [0.2, 0.25) is 0 Å². The number of nitrogens with two attached hydrogens (primary N) is 1. The van der Waals surface area contributed by atoms with Crippen LogP contribution in [0.5, 0.6) is 5.88 Å². The summed E-state index contributed by atoms with van der Waals surface area (Å²) in [5.74, 6) is 0.129. The predicted molar refractivity (Wildman–Crippen MR) is 101 cm³/mol. The Kier molecular flexibility index (Phi) is 5.44. The van der Waals surface area contributed by atoms with Crippen molar-refractivity contribution in [3.8, 4) is 28.4 Å². The number of anilines is 1. The van der Waals surface area contributed by atoms with Crippen molar-refractivity contribution in [1.29, 1.82) is 0 Å². The van der Waals surface area contributed by atoms with Crippen molar-refractivity contribution in [2.75, 3.05) is 19.0 Å². The van der Waals surface area contributed by atoms with Crippen LogP contribution in [0.4, 0.5) is 10.3 Å². The lowest BCUT2D eigenvalue weighted by Crippen LogP contribution is -2.24. The molecule has 140 valence electrons. The fraction of sp³-hybridized carbons (Fsp3) is 0.263. The molecule has 0 unspecified atom stereocenters. The third kappa shape index (κ3) is 3.94. The zero-order valence-corrected chi connectivity index (χ0v) is 15.1. The van der Waals surface area contributed by atoms with E-state index in [1.807, 2.05) is 44.2 Å². The molecule has 0 saturated heterocycles. The molecular weight excluding hydrogens is 349 g/mol. The third-order valence-electron chi connectivity index (χ3n) is 3.83. The molecule has 2 aromatic heterocycles. The molecule has 0 aliphatic heterocycles. The third-order valence-corrected chi connectivity index (χ3v) is 3.83. The number of halogens is 1. The molecule has 3 rings (SSSR count). The normalized spacial score (nSPS) is 11.0. The first-order chi connectivity index (χ1) is 13.0. The highest BCUT2D eigenvalue weighted by atomic mass is 19.1. The van der Waals surface area contributed by atoms with Crippen LogP contribution in [-0.2, 0) is 0 Å². The minimum atomic E-state index is -0.678. The van der Waals surface area contributed by atoms with Crippen molar-refractivity contribution in [3.05, 3.63) is 52.8 Å². The van der Waals surface area contributed by atoms with Gasteiger partial charge < -0.3 is 10.5 Å². The van der Waals surface area contributed by atoms with Gasteiger partial charge in [0, 0.05) is 11.6 Å². The molecule has 8 heteroatoms. The topological polar surface area (TPSA) is 95.9 Å². The number of benzene rings is 1. The van der Waals surface area contributed by atoms with Crippen molar-refractivity contribution < 1.29 is 9.13 Å². The number of rotatable bonds is 6. The summed E-state index contributed by atoms with van der Waals surface area (Å²) in [6.07, 6.45) is 0. The molecule has 0 fully saturated rings. The Hall–Kier alpha value is -3.29. The maximum absolute atomic E-state index is 12.7. The zero-order chi connectivity index (χ0) is 19.4. The summed E-state index contributed by atoms with van der Waals surface area (Å²) < 4.78 is 19.5. The summed E-state index contributed by atoms with van der Waals surface area (Å²) in [6, 6.07) is 12.2. The molecule has 0 radical (unpaired) electrons. The quantitative estimate of drug-likeness (QED) is 0.718. The highest BCUT2D eigenvalue weighted by Gasteiger charge is 2.21. The summed E-state index contributed by atoms with van der Waals surface area (Å²) in [4.78, 5) is 20.6. The molecule has 0 aliphatic rings. The van der Waals surface area contributed by atoms with Gasteiger partial charge >= 0.3 is 0 Å². The van der Waals surface area contributed by atoms with Crippen LogP contribution >= 0.6 is 0 Å². The fourth-order valence-corrected chi connectivity index (χ4v) is 2.66. The Labute approximate surface area is 155 Å². The highest BCUT2D eigenvalue weighted by molar-refractivity contribution is 5.83. The van der Waals surface area contributed by atoms with Crippen LogP contribution in [0.3, 0.4) is 0 Å². The van der Waals surface area contributed by atoms with Crippen LogP contribution in [0.15, 0.2) is 47.3 Å². The van der Waals surface area contributed by atoms with E-state index in [4.69, 9.17) is 10.5 Å². The van der Waals surface area contributed by atoms with E-state index in [9.17, 15) is 9.18 Å². The maximum Gasteiger partial charge on any atom is 0.267 e. The first-order valence-corrected chi connectivity index (χ1v) is 8.53. The summed E-state index contributed by atoms with van der Waals surface area (Å²) in [7, 11) is 0. The smallest absolute Gasteiger partial charge is 0.267 e. The first kappa shape index (κ1) is 18.5. The molecule has 0 spiro atoms. The van der Waals surface area contributed by atoms with Gasteiger partial charge in [-0.15, -0.1) is 0 Å². The zero-order valence-electron chi connectivity index (χ0n) is 15.1. The van der Waals surface area contributed by atoms with Gasteiger partial charge in [-0.3, -0.25) is 4.79 Å². The molecule has 0 atom stereocenters. The lowest BCUT2D eigenvalue weighted by molar-refractivity contribution is 0.265. The van der Waals surface area contributed by atoms with Crippen molar-refractivity contribution in [3.63, 3.8) is 0 Å². The Morgan fingerprint density at radius 1 is 1.15 bits per heavy atom. The first-order valence-electron chi connectivity index (χ1n) is 8.53. The van der Waals surface area contributed by atoms with Crippen molar-refractivity contribution in [2.45, 2.75) is 19.9 Å². The molecule has 2 heterocycles. The standard InChI is InChI=1S/C19H20FN5O2/c1-12(2)25-15(26)9-8-14(24-25)16-17(13-6-4-3-5-7-13)22-19(21)23-18(16)27-11-10-20/h3-9,12H,10-11H2,1-2H3,(H2,21,22,23). The van der Waals surface area contributed by atoms with Gasteiger partial charge in [-0.1, -0.05) is 30.3 Å². The van der Waals surface area contributed by atoms with E-state index in [0.29, 0.717) is 17.0 Å². The lowest BCUT2D eigenvalue weighted by Gasteiger charge is -2.16. The van der Waals surface area contributed by atoms with Gasteiger partial charge in [0.25, 0.3) is 5.56 Å². The van der Waals surface area contributed by atoms with Gasteiger partial charge in [0.15, 0.2) is 0 Å². The van der Waals surface area contributed by atoms with E-state index in [1.165, 1.54) is 10.7 Å². The Balaban J connectivity index is 2.29. The molecule has 2 N–H and O–H groups in total. The summed E-state index contributed by atoms with van der Waals surface area (Å²) in [5, 5.41) is 4.44.